The Kier molecular flexibility index (Phi) is 6.55. The van der Waals surface area contributed by atoms with E-state index >= 15 is 0 Å². The molecule has 1 amide bonds. The van der Waals surface area contributed by atoms with Gasteiger partial charge in [0.15, 0.2) is 11.5 Å². The van der Waals surface area contributed by atoms with Crippen molar-refractivity contribution in [3.63, 3.8) is 0 Å². The number of ether oxygens (including phenoxy) is 1. The Labute approximate surface area is 170 Å². The SMILES string of the molecule is CSCC[C@H](N)C(=O)NS(=O)(=O)O[C@H]1O[C@@H](n2cnc3c(N)ncnc32)C[C@@H]1O. The number of hydrogen-bond donors (Lipinski definition) is 4. The molecular formula is C14H21N7O6S2. The number of imidazole rings is 1. The molecule has 15 heteroatoms. The Morgan fingerprint density at radius 2 is 2.28 bits per heavy atom. The topological polar surface area (TPSA) is 198 Å². The number of aromatic nitrogens is 4. The monoisotopic (exact) mass is 447 g/mol. The molecule has 0 radical (unpaired) electrons. The molecule has 0 saturated carbocycles. The number of fused-ring (bicyclic) bond motifs is 1. The molecule has 0 bridgehead atoms. The molecule has 2 aromatic rings. The number of aliphatic hydroxyl groups is 1. The highest BCUT2D eigenvalue weighted by Crippen LogP contribution is 2.32. The van der Waals surface area contributed by atoms with Crippen LogP contribution in [0.3, 0.4) is 0 Å². The van der Waals surface area contributed by atoms with Gasteiger partial charge in [0, 0.05) is 6.42 Å². The van der Waals surface area contributed by atoms with E-state index in [1.54, 1.807) is 4.72 Å². The molecule has 3 heterocycles. The zero-order chi connectivity index (χ0) is 21.2. The number of carbonyl (C=O) groups is 1. The van der Waals surface area contributed by atoms with Crippen LogP contribution in [0.4, 0.5) is 5.82 Å². The first-order valence-electron chi connectivity index (χ1n) is 8.47. The van der Waals surface area contributed by atoms with Gasteiger partial charge < -0.3 is 21.3 Å². The Morgan fingerprint density at radius 1 is 1.52 bits per heavy atom. The van der Waals surface area contributed by atoms with Gasteiger partial charge in [0.1, 0.15) is 24.2 Å². The number of carbonyl (C=O) groups excluding carboxylic acids is 1. The molecule has 13 nitrogen and oxygen atoms in total. The average molecular weight is 447 g/mol. The molecular weight excluding hydrogens is 426 g/mol. The number of nitrogens with two attached hydrogens (primary N) is 2. The summed E-state index contributed by atoms with van der Waals surface area (Å²) < 4.78 is 37.7. The van der Waals surface area contributed by atoms with Gasteiger partial charge >= 0.3 is 10.3 Å². The maximum atomic E-state index is 12.1. The number of aliphatic hydroxyl groups excluding tert-OH is 1. The van der Waals surface area contributed by atoms with Crippen molar-refractivity contribution in [1.29, 1.82) is 0 Å². The highest BCUT2D eigenvalue weighted by Gasteiger charge is 2.40. The molecule has 6 N–H and O–H groups in total. The summed E-state index contributed by atoms with van der Waals surface area (Å²) >= 11 is 1.47. The van der Waals surface area contributed by atoms with Gasteiger partial charge in [0.2, 0.25) is 6.29 Å². The molecule has 1 saturated heterocycles. The van der Waals surface area contributed by atoms with Crippen molar-refractivity contribution in [3.05, 3.63) is 12.7 Å². The van der Waals surface area contributed by atoms with E-state index in [2.05, 4.69) is 15.0 Å². The number of nitrogens with one attached hydrogen (secondary N) is 1. The van der Waals surface area contributed by atoms with E-state index in [9.17, 15) is 18.3 Å². The molecule has 1 aliphatic heterocycles. The molecule has 160 valence electrons. The maximum absolute atomic E-state index is 12.1. The van der Waals surface area contributed by atoms with Crippen LogP contribution >= 0.6 is 11.8 Å². The van der Waals surface area contributed by atoms with E-state index in [1.165, 1.54) is 29.0 Å². The Morgan fingerprint density at radius 3 is 3.00 bits per heavy atom. The Bertz CT molecular complexity index is 984. The summed E-state index contributed by atoms with van der Waals surface area (Å²) in [5.41, 5.74) is 12.1. The number of amides is 1. The van der Waals surface area contributed by atoms with Gasteiger partial charge in [-0.25, -0.2) is 23.9 Å². The number of thioether (sulfide) groups is 1. The lowest BCUT2D eigenvalue weighted by atomic mass is 10.2. The molecule has 0 spiro atoms. The summed E-state index contributed by atoms with van der Waals surface area (Å²) in [6.45, 7) is 0. The van der Waals surface area contributed by atoms with E-state index in [-0.39, 0.29) is 12.2 Å². The van der Waals surface area contributed by atoms with E-state index in [1.807, 2.05) is 6.26 Å². The molecule has 0 unspecified atom stereocenters. The van der Waals surface area contributed by atoms with Gasteiger partial charge in [-0.15, -0.1) is 0 Å². The molecule has 1 fully saturated rings. The summed E-state index contributed by atoms with van der Waals surface area (Å²) in [5, 5.41) is 10.2. The minimum atomic E-state index is -4.55. The molecule has 3 rings (SSSR count). The second-order valence-electron chi connectivity index (χ2n) is 6.25. The molecule has 1 aliphatic rings. The van der Waals surface area contributed by atoms with Crippen LogP contribution in [0.15, 0.2) is 12.7 Å². The van der Waals surface area contributed by atoms with Gasteiger partial charge in [0.05, 0.1) is 12.4 Å². The predicted molar refractivity (Wildman–Crippen MR) is 103 cm³/mol. The van der Waals surface area contributed by atoms with E-state index in [0.29, 0.717) is 23.3 Å². The lowest BCUT2D eigenvalue weighted by Gasteiger charge is -2.17. The molecule has 0 aliphatic carbocycles. The van der Waals surface area contributed by atoms with Crippen molar-refractivity contribution in [2.75, 3.05) is 17.7 Å². The minimum absolute atomic E-state index is 0.00324. The van der Waals surface area contributed by atoms with Crippen molar-refractivity contribution >= 4 is 45.0 Å². The van der Waals surface area contributed by atoms with Crippen LogP contribution in [-0.2, 0) is 24.0 Å². The number of hydrogen-bond acceptors (Lipinski definition) is 12. The summed E-state index contributed by atoms with van der Waals surface area (Å²) in [6, 6.07) is -1.01. The van der Waals surface area contributed by atoms with Crippen molar-refractivity contribution in [2.45, 2.75) is 37.5 Å². The predicted octanol–water partition coefficient (Wildman–Crippen LogP) is -1.53. The Hall–Kier alpha value is -2.04. The van der Waals surface area contributed by atoms with Crippen LogP contribution in [0, 0.1) is 0 Å². The van der Waals surface area contributed by atoms with Crippen LogP contribution in [0.25, 0.3) is 11.2 Å². The summed E-state index contributed by atoms with van der Waals surface area (Å²) in [4.78, 5) is 23.9. The number of anilines is 1. The zero-order valence-corrected chi connectivity index (χ0v) is 17.0. The van der Waals surface area contributed by atoms with Gasteiger partial charge in [-0.2, -0.15) is 20.2 Å². The van der Waals surface area contributed by atoms with Crippen LogP contribution in [0.2, 0.25) is 0 Å². The van der Waals surface area contributed by atoms with Crippen molar-refractivity contribution in [3.8, 4) is 0 Å². The number of rotatable bonds is 8. The van der Waals surface area contributed by atoms with Crippen LogP contribution in [0.1, 0.15) is 19.1 Å². The van der Waals surface area contributed by atoms with Crippen molar-refractivity contribution < 1.29 is 27.2 Å². The van der Waals surface area contributed by atoms with E-state index in [4.69, 9.17) is 20.4 Å². The molecule has 29 heavy (non-hydrogen) atoms. The number of nitrogens with zero attached hydrogens (tertiary/aromatic N) is 4. The molecule has 0 aromatic carbocycles. The lowest BCUT2D eigenvalue weighted by Crippen LogP contribution is -2.45. The number of nitrogen functional groups attached to an aromatic ring is 1. The molecule has 2 aromatic heterocycles. The summed E-state index contributed by atoms with van der Waals surface area (Å²) in [5.74, 6) is -0.145. The normalized spacial score (nSPS) is 23.3. The van der Waals surface area contributed by atoms with Crippen LogP contribution < -0.4 is 16.2 Å². The second kappa shape index (κ2) is 8.76. The summed E-state index contributed by atoms with van der Waals surface area (Å²) in [7, 11) is -4.55. The first kappa shape index (κ1) is 21.7. The smallest absolute Gasteiger partial charge is 0.364 e. The maximum Gasteiger partial charge on any atom is 0.364 e. The van der Waals surface area contributed by atoms with Gasteiger partial charge in [-0.3, -0.25) is 9.36 Å². The average Bonchev–Trinajstić information content (AvgIpc) is 3.23. The quantitative estimate of drug-likeness (QED) is 0.365. The molecule has 4 atom stereocenters. The Balaban J connectivity index is 1.66. The first-order chi connectivity index (χ1) is 13.7. The lowest BCUT2D eigenvalue weighted by molar-refractivity contribution is -0.126. The van der Waals surface area contributed by atoms with Gasteiger partial charge in [-0.1, -0.05) is 0 Å². The van der Waals surface area contributed by atoms with Crippen LogP contribution in [-0.4, -0.2) is 69.4 Å². The largest absolute Gasteiger partial charge is 0.388 e. The fourth-order valence-electron chi connectivity index (χ4n) is 2.69. The van der Waals surface area contributed by atoms with E-state index in [0.717, 1.165) is 0 Å². The third kappa shape index (κ3) is 4.93. The fraction of sp³-hybridized carbons (Fsp3) is 0.571. The van der Waals surface area contributed by atoms with Crippen molar-refractivity contribution in [1.82, 2.24) is 24.2 Å². The van der Waals surface area contributed by atoms with Crippen LogP contribution in [0.5, 0.6) is 0 Å². The minimum Gasteiger partial charge on any atom is -0.388 e. The fourth-order valence-corrected chi connectivity index (χ4v) is 4.05. The third-order valence-electron chi connectivity index (χ3n) is 4.16. The third-order valence-corrected chi connectivity index (χ3v) is 5.70. The van der Waals surface area contributed by atoms with Crippen molar-refractivity contribution in [2.24, 2.45) is 5.73 Å². The van der Waals surface area contributed by atoms with Gasteiger partial charge in [0.25, 0.3) is 5.91 Å². The highest BCUT2D eigenvalue weighted by atomic mass is 32.2. The first-order valence-corrected chi connectivity index (χ1v) is 11.3. The van der Waals surface area contributed by atoms with Gasteiger partial charge in [-0.05, 0) is 18.4 Å². The second-order valence-corrected chi connectivity index (χ2v) is 8.54. The zero-order valence-electron chi connectivity index (χ0n) is 15.3. The van der Waals surface area contributed by atoms with E-state index < -0.39 is 40.9 Å². The standard InChI is InChI=1S/C14H21N7O6S2/c1-28-3-2-7(15)13(23)20-29(24,25)27-14-8(22)4-9(26-14)21-6-19-10-11(16)17-5-18-12(10)21/h5-9,14,22H,2-4,15H2,1H3,(H,20,23)(H2,16,17,18)/t7-,8-,9+,14+/m0/s1. The summed E-state index contributed by atoms with van der Waals surface area (Å²) in [6.07, 6.45) is 1.12. The highest BCUT2D eigenvalue weighted by molar-refractivity contribution is 7.98.